The van der Waals surface area contributed by atoms with Gasteiger partial charge in [0.1, 0.15) is 23.4 Å². The largest absolute Gasteiger partial charge is 0.456 e. The lowest BCUT2D eigenvalue weighted by atomic mass is 9.96. The van der Waals surface area contributed by atoms with E-state index in [2.05, 4.69) is 10.6 Å². The second-order valence-electron chi connectivity index (χ2n) is 8.07. The Kier molecular flexibility index (Phi) is 4.13. The minimum Gasteiger partial charge on any atom is -0.456 e. The summed E-state index contributed by atoms with van der Waals surface area (Å²) in [5.41, 5.74) is 1.40. The number of para-hydroxylation sites is 1. The van der Waals surface area contributed by atoms with Crippen LogP contribution in [0.3, 0.4) is 0 Å². The molecule has 0 bridgehead atoms. The van der Waals surface area contributed by atoms with E-state index in [1.165, 1.54) is 0 Å². The number of amides is 4. The van der Waals surface area contributed by atoms with Gasteiger partial charge in [-0.1, -0.05) is 18.2 Å². The monoisotopic (exact) mass is 403 g/mol. The molecule has 1 saturated heterocycles. The maximum absolute atomic E-state index is 12.6. The molecule has 3 aromatic rings. The first-order chi connectivity index (χ1) is 14.4. The van der Waals surface area contributed by atoms with E-state index < -0.39 is 17.5 Å². The number of rotatable bonds is 5. The molecule has 5 rings (SSSR count). The topological polar surface area (TPSA) is 91.7 Å². The normalized spacial score (nSPS) is 21.2. The molecule has 152 valence electrons. The summed E-state index contributed by atoms with van der Waals surface area (Å²) in [6.07, 6.45) is 1.83. The molecule has 2 N–H and O–H groups in total. The minimum absolute atomic E-state index is 0.160. The van der Waals surface area contributed by atoms with Crippen LogP contribution in [0.15, 0.2) is 59.0 Å². The van der Waals surface area contributed by atoms with E-state index in [1.807, 2.05) is 42.5 Å². The molecule has 1 saturated carbocycles. The zero-order valence-electron chi connectivity index (χ0n) is 16.5. The van der Waals surface area contributed by atoms with E-state index in [0.29, 0.717) is 5.69 Å². The van der Waals surface area contributed by atoms with E-state index in [-0.39, 0.29) is 18.4 Å². The quantitative estimate of drug-likeness (QED) is 0.635. The lowest BCUT2D eigenvalue weighted by Gasteiger charge is -2.20. The van der Waals surface area contributed by atoms with Crippen LogP contribution < -0.4 is 10.6 Å². The number of nitrogens with one attached hydrogen (secondary N) is 2. The van der Waals surface area contributed by atoms with Crippen molar-refractivity contribution in [2.24, 2.45) is 5.92 Å². The van der Waals surface area contributed by atoms with Gasteiger partial charge in [0.2, 0.25) is 5.91 Å². The van der Waals surface area contributed by atoms with Crippen LogP contribution in [-0.4, -0.2) is 34.8 Å². The van der Waals surface area contributed by atoms with E-state index >= 15 is 0 Å². The Labute approximate surface area is 173 Å². The second kappa shape index (κ2) is 6.73. The molecule has 1 unspecified atom stereocenters. The fourth-order valence-electron chi connectivity index (χ4n) is 3.98. The zero-order valence-corrected chi connectivity index (χ0v) is 16.5. The molecule has 1 aliphatic heterocycles. The number of anilines is 1. The summed E-state index contributed by atoms with van der Waals surface area (Å²) in [6, 6.07) is 16.5. The third-order valence-electron chi connectivity index (χ3n) is 5.88. The number of nitrogens with zero attached hydrogens (tertiary/aromatic N) is 1. The number of imide groups is 1. The minimum atomic E-state index is -0.883. The first kappa shape index (κ1) is 18.4. The first-order valence-electron chi connectivity index (χ1n) is 9.97. The second-order valence-corrected chi connectivity index (χ2v) is 8.07. The van der Waals surface area contributed by atoms with Crippen molar-refractivity contribution in [2.45, 2.75) is 25.3 Å². The zero-order chi connectivity index (χ0) is 20.9. The van der Waals surface area contributed by atoms with Crippen LogP contribution in [-0.2, 0) is 9.59 Å². The predicted octanol–water partition coefficient (Wildman–Crippen LogP) is 3.76. The maximum atomic E-state index is 12.6. The first-order valence-corrected chi connectivity index (χ1v) is 9.97. The van der Waals surface area contributed by atoms with Crippen LogP contribution in [0.1, 0.15) is 19.8 Å². The Bertz CT molecular complexity index is 1130. The lowest BCUT2D eigenvalue weighted by Crippen LogP contribution is -2.46. The third-order valence-corrected chi connectivity index (χ3v) is 5.88. The average Bonchev–Trinajstić information content (AvgIpc) is 3.47. The summed E-state index contributed by atoms with van der Waals surface area (Å²) >= 11 is 0. The number of furan rings is 1. The van der Waals surface area contributed by atoms with Crippen molar-refractivity contribution >= 4 is 34.5 Å². The highest BCUT2D eigenvalue weighted by Gasteiger charge is 2.56. The Hall–Kier alpha value is -3.61. The summed E-state index contributed by atoms with van der Waals surface area (Å²) < 4.78 is 5.86. The van der Waals surface area contributed by atoms with Gasteiger partial charge < -0.3 is 15.1 Å². The van der Waals surface area contributed by atoms with Gasteiger partial charge in [-0.05, 0) is 62.1 Å². The van der Waals surface area contributed by atoms with Gasteiger partial charge in [-0.25, -0.2) is 4.79 Å². The molecule has 7 heteroatoms. The van der Waals surface area contributed by atoms with E-state index in [0.717, 1.165) is 40.0 Å². The molecule has 1 aromatic heterocycles. The van der Waals surface area contributed by atoms with Crippen LogP contribution >= 0.6 is 0 Å². The van der Waals surface area contributed by atoms with Crippen molar-refractivity contribution in [1.82, 2.24) is 10.2 Å². The number of fused-ring (bicyclic) bond motifs is 1. The molecule has 30 heavy (non-hydrogen) atoms. The molecule has 0 spiro atoms. The van der Waals surface area contributed by atoms with E-state index in [9.17, 15) is 14.4 Å². The van der Waals surface area contributed by atoms with Crippen LogP contribution in [0.5, 0.6) is 0 Å². The molecular formula is C23H21N3O4. The van der Waals surface area contributed by atoms with Crippen LogP contribution in [0, 0.1) is 5.92 Å². The van der Waals surface area contributed by atoms with E-state index in [1.54, 1.807) is 19.1 Å². The molecule has 4 amide bonds. The summed E-state index contributed by atoms with van der Waals surface area (Å²) in [6.45, 7) is 1.43. The van der Waals surface area contributed by atoms with Crippen LogP contribution in [0.2, 0.25) is 0 Å². The van der Waals surface area contributed by atoms with Gasteiger partial charge >= 0.3 is 6.03 Å². The van der Waals surface area contributed by atoms with Gasteiger partial charge in [0, 0.05) is 16.6 Å². The highest BCUT2D eigenvalue weighted by molar-refractivity contribution is 6.10. The average molecular weight is 403 g/mol. The highest BCUT2D eigenvalue weighted by Crippen LogP contribution is 2.42. The van der Waals surface area contributed by atoms with Crippen molar-refractivity contribution in [2.75, 3.05) is 11.9 Å². The van der Waals surface area contributed by atoms with E-state index in [4.69, 9.17) is 4.42 Å². The number of carbonyl (C=O) groups excluding carboxylic acids is 3. The predicted molar refractivity (Wildman–Crippen MR) is 112 cm³/mol. The molecule has 0 radical (unpaired) electrons. The summed E-state index contributed by atoms with van der Waals surface area (Å²) in [5.74, 6) is 0.154. The van der Waals surface area contributed by atoms with Crippen molar-refractivity contribution < 1.29 is 18.8 Å². The molecule has 2 fully saturated rings. The van der Waals surface area contributed by atoms with Crippen molar-refractivity contribution in [3.63, 3.8) is 0 Å². The Morgan fingerprint density at radius 3 is 2.60 bits per heavy atom. The Balaban J connectivity index is 1.25. The summed E-state index contributed by atoms with van der Waals surface area (Å²) in [5, 5.41) is 6.51. The van der Waals surface area contributed by atoms with Crippen LogP contribution in [0.25, 0.3) is 22.3 Å². The van der Waals surface area contributed by atoms with Gasteiger partial charge in [-0.15, -0.1) is 0 Å². The number of benzene rings is 2. The number of hydrogen-bond donors (Lipinski definition) is 2. The van der Waals surface area contributed by atoms with Crippen molar-refractivity contribution in [3.8, 4) is 11.3 Å². The van der Waals surface area contributed by atoms with Gasteiger partial charge in [-0.2, -0.15) is 0 Å². The smallest absolute Gasteiger partial charge is 0.325 e. The van der Waals surface area contributed by atoms with Crippen LogP contribution in [0.4, 0.5) is 10.5 Å². The molecule has 2 aromatic carbocycles. The van der Waals surface area contributed by atoms with Gasteiger partial charge in [0.05, 0.1) is 0 Å². The van der Waals surface area contributed by atoms with Gasteiger partial charge in [0.15, 0.2) is 0 Å². The lowest BCUT2D eigenvalue weighted by molar-refractivity contribution is -0.134. The SMILES string of the molecule is CC1(C2CC2)NC(=O)N(CC(=O)Nc2ccc(-c3cc4ccccc4o3)cc2)C1=O. The van der Waals surface area contributed by atoms with Crippen molar-refractivity contribution in [1.29, 1.82) is 0 Å². The summed E-state index contributed by atoms with van der Waals surface area (Å²) in [4.78, 5) is 38.3. The number of carbonyl (C=O) groups is 3. The Morgan fingerprint density at radius 1 is 1.17 bits per heavy atom. The van der Waals surface area contributed by atoms with Gasteiger partial charge in [0.25, 0.3) is 5.91 Å². The van der Waals surface area contributed by atoms with Gasteiger partial charge in [-0.3, -0.25) is 14.5 Å². The molecule has 1 aliphatic carbocycles. The molecule has 7 nitrogen and oxygen atoms in total. The Morgan fingerprint density at radius 2 is 1.90 bits per heavy atom. The summed E-state index contributed by atoms with van der Waals surface area (Å²) in [7, 11) is 0. The third kappa shape index (κ3) is 3.12. The highest BCUT2D eigenvalue weighted by atomic mass is 16.3. The number of urea groups is 1. The fourth-order valence-corrected chi connectivity index (χ4v) is 3.98. The molecule has 1 atom stereocenters. The molecule has 2 heterocycles. The van der Waals surface area contributed by atoms with Crippen molar-refractivity contribution in [3.05, 3.63) is 54.6 Å². The number of hydrogen-bond acceptors (Lipinski definition) is 4. The standard InChI is InChI=1S/C23H21N3O4/c1-23(16-8-9-16)21(28)26(22(29)25-23)13-20(27)24-17-10-6-14(7-11-17)19-12-15-4-2-3-5-18(15)30-19/h2-7,10-12,16H,8-9,13H2,1H3,(H,24,27)(H,25,29). The molecule has 2 aliphatic rings. The fraction of sp³-hybridized carbons (Fsp3) is 0.261. The molecular weight excluding hydrogens is 382 g/mol. The maximum Gasteiger partial charge on any atom is 0.325 e.